The number of carbonyl (C=O) groups excluding carboxylic acids is 1. The lowest BCUT2D eigenvalue weighted by Gasteiger charge is -2.04. The molecule has 0 radical (unpaired) electrons. The zero-order valence-corrected chi connectivity index (χ0v) is 11.4. The maximum Gasteiger partial charge on any atom is 0.275 e. The number of nitrogens with zero attached hydrogens (tertiary/aromatic N) is 2. The smallest absolute Gasteiger partial charge is 0.275 e. The third-order valence-electron chi connectivity index (χ3n) is 2.10. The number of thiazole rings is 1. The van der Waals surface area contributed by atoms with E-state index in [4.69, 9.17) is 11.0 Å². The van der Waals surface area contributed by atoms with Crippen LogP contribution in [0.4, 0.5) is 10.8 Å². The summed E-state index contributed by atoms with van der Waals surface area (Å²) in [5.74, 6) is -0.334. The van der Waals surface area contributed by atoms with E-state index in [2.05, 4.69) is 26.2 Å². The molecule has 0 bridgehead atoms. The Hall–Kier alpha value is -1.91. The van der Waals surface area contributed by atoms with Gasteiger partial charge in [0.05, 0.1) is 5.56 Å². The van der Waals surface area contributed by atoms with Gasteiger partial charge in [0, 0.05) is 15.5 Å². The standard InChI is InChI=1S/C11H7BrN4OS/c12-8-3-7(2-1-6(8)4-13)15-10(17)9-5-18-11(14)16-9/h1-3,5H,(H2,14,16)(H,15,17). The first-order valence-corrected chi connectivity index (χ1v) is 6.49. The van der Waals surface area contributed by atoms with Crippen LogP contribution in [0, 0.1) is 11.3 Å². The fraction of sp³-hybridized carbons (Fsp3) is 0. The molecule has 0 unspecified atom stereocenters. The summed E-state index contributed by atoms with van der Waals surface area (Å²) in [4.78, 5) is 15.7. The summed E-state index contributed by atoms with van der Waals surface area (Å²) in [5, 5.41) is 13.4. The molecule has 2 rings (SSSR count). The number of amides is 1. The monoisotopic (exact) mass is 322 g/mol. The molecule has 1 aromatic heterocycles. The molecule has 0 saturated carbocycles. The molecule has 90 valence electrons. The number of nitrogens with one attached hydrogen (secondary N) is 1. The summed E-state index contributed by atoms with van der Waals surface area (Å²) in [6, 6.07) is 6.95. The molecule has 0 aliphatic heterocycles. The van der Waals surface area contributed by atoms with Crippen molar-refractivity contribution < 1.29 is 4.79 Å². The second-order valence-electron chi connectivity index (χ2n) is 3.33. The van der Waals surface area contributed by atoms with Gasteiger partial charge in [-0.25, -0.2) is 4.98 Å². The van der Waals surface area contributed by atoms with E-state index in [-0.39, 0.29) is 11.6 Å². The molecule has 2 aromatic rings. The molecule has 7 heteroatoms. The largest absolute Gasteiger partial charge is 0.375 e. The van der Waals surface area contributed by atoms with Crippen LogP contribution in [0.25, 0.3) is 0 Å². The molecule has 0 aliphatic rings. The molecule has 0 saturated heterocycles. The minimum absolute atomic E-state index is 0.276. The van der Waals surface area contributed by atoms with Crippen LogP contribution in [0.5, 0.6) is 0 Å². The minimum Gasteiger partial charge on any atom is -0.375 e. The van der Waals surface area contributed by atoms with Gasteiger partial charge < -0.3 is 11.1 Å². The van der Waals surface area contributed by atoms with Crippen molar-refractivity contribution >= 4 is 44.0 Å². The van der Waals surface area contributed by atoms with E-state index in [0.29, 0.717) is 20.9 Å². The van der Waals surface area contributed by atoms with Crippen molar-refractivity contribution in [3.63, 3.8) is 0 Å². The van der Waals surface area contributed by atoms with Crippen molar-refractivity contribution in [3.05, 3.63) is 39.3 Å². The number of anilines is 2. The van der Waals surface area contributed by atoms with Crippen molar-refractivity contribution in [3.8, 4) is 6.07 Å². The van der Waals surface area contributed by atoms with Crippen LogP contribution in [0.15, 0.2) is 28.1 Å². The Morgan fingerprint density at radius 1 is 1.56 bits per heavy atom. The van der Waals surface area contributed by atoms with Gasteiger partial charge in [0.25, 0.3) is 5.91 Å². The molecule has 1 heterocycles. The van der Waals surface area contributed by atoms with Crippen LogP contribution in [0.2, 0.25) is 0 Å². The van der Waals surface area contributed by atoms with Gasteiger partial charge in [-0.3, -0.25) is 4.79 Å². The van der Waals surface area contributed by atoms with E-state index in [1.165, 1.54) is 11.3 Å². The van der Waals surface area contributed by atoms with E-state index >= 15 is 0 Å². The van der Waals surface area contributed by atoms with E-state index in [1.807, 2.05) is 6.07 Å². The first-order chi connectivity index (χ1) is 8.60. The highest BCUT2D eigenvalue weighted by atomic mass is 79.9. The SMILES string of the molecule is N#Cc1ccc(NC(=O)c2csc(N)n2)cc1Br. The highest BCUT2D eigenvalue weighted by molar-refractivity contribution is 9.10. The van der Waals surface area contributed by atoms with E-state index < -0.39 is 0 Å². The van der Waals surface area contributed by atoms with Crippen LogP contribution >= 0.6 is 27.3 Å². The van der Waals surface area contributed by atoms with Gasteiger partial charge in [0.15, 0.2) is 5.13 Å². The molecule has 18 heavy (non-hydrogen) atoms. The zero-order valence-electron chi connectivity index (χ0n) is 8.98. The van der Waals surface area contributed by atoms with Crippen LogP contribution in [0.1, 0.15) is 16.1 Å². The average Bonchev–Trinajstić information content (AvgIpc) is 2.76. The number of halogens is 1. The van der Waals surface area contributed by atoms with Crippen molar-refractivity contribution in [2.24, 2.45) is 0 Å². The molecule has 0 fully saturated rings. The molecule has 0 spiro atoms. The maximum absolute atomic E-state index is 11.8. The highest BCUT2D eigenvalue weighted by Gasteiger charge is 2.10. The van der Waals surface area contributed by atoms with Crippen LogP contribution in [-0.2, 0) is 0 Å². The first-order valence-electron chi connectivity index (χ1n) is 4.82. The van der Waals surface area contributed by atoms with Gasteiger partial charge in [-0.2, -0.15) is 5.26 Å². The number of rotatable bonds is 2. The predicted molar refractivity (Wildman–Crippen MR) is 73.3 cm³/mol. The lowest BCUT2D eigenvalue weighted by atomic mass is 10.2. The number of hydrogen-bond donors (Lipinski definition) is 2. The molecule has 0 aliphatic carbocycles. The molecule has 3 N–H and O–H groups in total. The number of nitrogens with two attached hydrogens (primary N) is 1. The third-order valence-corrected chi connectivity index (χ3v) is 3.43. The van der Waals surface area contributed by atoms with Crippen molar-refractivity contribution in [2.75, 3.05) is 11.1 Å². The van der Waals surface area contributed by atoms with Crippen molar-refractivity contribution in [1.82, 2.24) is 4.98 Å². The summed E-state index contributed by atoms with van der Waals surface area (Å²) in [7, 11) is 0. The summed E-state index contributed by atoms with van der Waals surface area (Å²) in [6.07, 6.45) is 0. The fourth-order valence-corrected chi connectivity index (χ4v) is 2.28. The summed E-state index contributed by atoms with van der Waals surface area (Å²) in [5.41, 5.74) is 6.82. The number of carbonyl (C=O) groups is 1. The van der Waals surface area contributed by atoms with Crippen molar-refractivity contribution in [1.29, 1.82) is 5.26 Å². The Balaban J connectivity index is 2.17. The zero-order chi connectivity index (χ0) is 13.1. The van der Waals surface area contributed by atoms with Crippen LogP contribution in [-0.4, -0.2) is 10.9 Å². The normalized spacial score (nSPS) is 9.78. The topological polar surface area (TPSA) is 91.8 Å². The van der Waals surface area contributed by atoms with Crippen LogP contribution in [0.3, 0.4) is 0 Å². The van der Waals surface area contributed by atoms with Crippen molar-refractivity contribution in [2.45, 2.75) is 0 Å². The Morgan fingerprint density at radius 2 is 2.33 bits per heavy atom. The van der Waals surface area contributed by atoms with Gasteiger partial charge in [-0.1, -0.05) is 0 Å². The van der Waals surface area contributed by atoms with Gasteiger partial charge in [0.1, 0.15) is 11.8 Å². The number of nitriles is 1. The summed E-state index contributed by atoms with van der Waals surface area (Å²) >= 11 is 4.46. The maximum atomic E-state index is 11.8. The Labute approximate surface area is 115 Å². The number of nitrogen functional groups attached to an aromatic ring is 1. The van der Waals surface area contributed by atoms with Crippen LogP contribution < -0.4 is 11.1 Å². The fourth-order valence-electron chi connectivity index (χ4n) is 1.27. The molecule has 1 aromatic carbocycles. The van der Waals surface area contributed by atoms with E-state index in [1.54, 1.807) is 23.6 Å². The van der Waals surface area contributed by atoms with Gasteiger partial charge >= 0.3 is 0 Å². The quantitative estimate of drug-likeness (QED) is 0.888. The average molecular weight is 323 g/mol. The molecule has 5 nitrogen and oxygen atoms in total. The lowest BCUT2D eigenvalue weighted by Crippen LogP contribution is -2.12. The van der Waals surface area contributed by atoms with Gasteiger partial charge in [0.2, 0.25) is 0 Å². The number of benzene rings is 1. The highest BCUT2D eigenvalue weighted by Crippen LogP contribution is 2.21. The van der Waals surface area contributed by atoms with E-state index in [0.717, 1.165) is 0 Å². The lowest BCUT2D eigenvalue weighted by molar-refractivity contribution is 0.102. The summed E-state index contributed by atoms with van der Waals surface area (Å²) < 4.78 is 0.626. The predicted octanol–water partition coefficient (Wildman–Crippen LogP) is 2.61. The minimum atomic E-state index is -0.334. The van der Waals surface area contributed by atoms with Gasteiger partial charge in [-0.05, 0) is 34.1 Å². The number of hydrogen-bond acceptors (Lipinski definition) is 5. The second kappa shape index (κ2) is 5.16. The number of aromatic nitrogens is 1. The second-order valence-corrected chi connectivity index (χ2v) is 5.08. The Bertz CT molecular complexity index is 647. The summed E-state index contributed by atoms with van der Waals surface area (Å²) in [6.45, 7) is 0. The van der Waals surface area contributed by atoms with Gasteiger partial charge in [-0.15, -0.1) is 11.3 Å². The molecule has 1 amide bonds. The molecule has 0 atom stereocenters. The molecular weight excluding hydrogens is 316 g/mol. The Kier molecular flexibility index (Phi) is 3.60. The molecular formula is C11H7BrN4OS. The third kappa shape index (κ3) is 2.67. The first kappa shape index (κ1) is 12.5. The van der Waals surface area contributed by atoms with E-state index in [9.17, 15) is 4.79 Å². The Morgan fingerprint density at radius 3 is 2.89 bits per heavy atom.